The van der Waals surface area contributed by atoms with Crippen molar-refractivity contribution in [2.75, 3.05) is 0 Å². The summed E-state index contributed by atoms with van der Waals surface area (Å²) in [5, 5.41) is 5.98. The molecule has 0 unspecified atom stereocenters. The third-order valence-corrected chi connectivity index (χ3v) is 5.01. The zero-order chi connectivity index (χ0) is 17.7. The number of nitrogens with zero attached hydrogens (tertiary/aromatic N) is 2. The molecule has 26 heavy (non-hydrogen) atoms. The summed E-state index contributed by atoms with van der Waals surface area (Å²) in [5.74, 6) is 0. The second kappa shape index (κ2) is 5.63. The first kappa shape index (κ1) is 15.0. The van der Waals surface area contributed by atoms with E-state index in [0.717, 1.165) is 22.2 Å². The number of fused-ring (bicyclic) bond motifs is 5. The van der Waals surface area contributed by atoms with Crippen molar-refractivity contribution in [1.29, 1.82) is 0 Å². The molecule has 1 aromatic heterocycles. The molecule has 0 radical (unpaired) electrons. The van der Waals surface area contributed by atoms with Crippen molar-refractivity contribution in [2.24, 2.45) is 0 Å². The van der Waals surface area contributed by atoms with Crippen molar-refractivity contribution in [1.82, 2.24) is 9.97 Å². The molecule has 0 bridgehead atoms. The maximum absolute atomic E-state index is 4.68. The molecular formula is C24H18N2. The van der Waals surface area contributed by atoms with Crippen molar-refractivity contribution in [3.05, 3.63) is 84.2 Å². The topological polar surface area (TPSA) is 25.8 Å². The smallest absolute Gasteiger partial charge is 0.116 e. The molecule has 5 rings (SSSR count). The maximum atomic E-state index is 4.68. The van der Waals surface area contributed by atoms with Gasteiger partial charge in [0.05, 0.1) is 11.2 Å². The van der Waals surface area contributed by atoms with E-state index in [4.69, 9.17) is 0 Å². The molecular weight excluding hydrogens is 316 g/mol. The van der Waals surface area contributed by atoms with Crippen molar-refractivity contribution in [3.8, 4) is 11.3 Å². The van der Waals surface area contributed by atoms with Crippen LogP contribution in [-0.4, -0.2) is 9.97 Å². The van der Waals surface area contributed by atoms with Crippen LogP contribution >= 0.6 is 0 Å². The molecule has 0 N–H and O–H groups in total. The quantitative estimate of drug-likeness (QED) is 0.340. The standard InChI is InChI=1S/C24H18N2/c1-15-11-16(2)13-19(12-15)23-21-10-9-18-8-7-17-5-3-4-6-20(17)22(18)24(21)26-14-25-23/h3-14H,1-2H3. The summed E-state index contributed by atoms with van der Waals surface area (Å²) in [6.07, 6.45) is 1.69. The van der Waals surface area contributed by atoms with Crippen LogP contribution in [0.3, 0.4) is 0 Å². The summed E-state index contributed by atoms with van der Waals surface area (Å²) in [6.45, 7) is 4.26. The predicted molar refractivity (Wildman–Crippen MR) is 109 cm³/mol. The van der Waals surface area contributed by atoms with Gasteiger partial charge in [0.25, 0.3) is 0 Å². The Morgan fingerprint density at radius 1 is 0.654 bits per heavy atom. The third-order valence-electron chi connectivity index (χ3n) is 5.01. The van der Waals surface area contributed by atoms with Crippen LogP contribution in [-0.2, 0) is 0 Å². The second-order valence-corrected chi connectivity index (χ2v) is 6.95. The van der Waals surface area contributed by atoms with Gasteiger partial charge in [0.1, 0.15) is 6.33 Å². The number of hydrogen-bond donors (Lipinski definition) is 0. The van der Waals surface area contributed by atoms with Gasteiger partial charge in [-0.05, 0) is 48.2 Å². The highest BCUT2D eigenvalue weighted by molar-refractivity contribution is 6.20. The molecule has 0 aliphatic rings. The SMILES string of the molecule is Cc1cc(C)cc(-c2ncnc3c2ccc2ccc4ccccc4c23)c1. The molecule has 0 spiro atoms. The zero-order valence-electron chi connectivity index (χ0n) is 14.8. The van der Waals surface area contributed by atoms with Crippen LogP contribution in [0.25, 0.3) is 43.7 Å². The van der Waals surface area contributed by atoms with Crippen molar-refractivity contribution in [3.63, 3.8) is 0 Å². The van der Waals surface area contributed by atoms with Gasteiger partial charge in [-0.25, -0.2) is 9.97 Å². The summed E-state index contributed by atoms with van der Waals surface area (Å²) in [7, 11) is 0. The van der Waals surface area contributed by atoms with E-state index < -0.39 is 0 Å². The molecule has 4 aromatic carbocycles. The van der Waals surface area contributed by atoms with E-state index in [1.165, 1.54) is 32.7 Å². The van der Waals surface area contributed by atoms with E-state index in [2.05, 4.69) is 90.5 Å². The van der Waals surface area contributed by atoms with Gasteiger partial charge >= 0.3 is 0 Å². The summed E-state index contributed by atoms with van der Waals surface area (Å²) < 4.78 is 0. The van der Waals surface area contributed by atoms with Crippen LogP contribution in [0.1, 0.15) is 11.1 Å². The van der Waals surface area contributed by atoms with E-state index in [1.807, 2.05) is 0 Å². The second-order valence-electron chi connectivity index (χ2n) is 6.95. The van der Waals surface area contributed by atoms with Gasteiger partial charge in [0.15, 0.2) is 0 Å². The van der Waals surface area contributed by atoms with Crippen LogP contribution in [0.2, 0.25) is 0 Å². The molecule has 5 aromatic rings. The minimum absolute atomic E-state index is 0.997. The summed E-state index contributed by atoms with van der Waals surface area (Å²) in [5.41, 5.74) is 5.66. The Kier molecular flexibility index (Phi) is 3.26. The van der Waals surface area contributed by atoms with Crippen LogP contribution in [0.5, 0.6) is 0 Å². The summed E-state index contributed by atoms with van der Waals surface area (Å²) in [6, 6.07) is 23.8. The molecule has 0 aliphatic heterocycles. The minimum atomic E-state index is 0.997. The highest BCUT2D eigenvalue weighted by atomic mass is 14.8. The first-order valence-electron chi connectivity index (χ1n) is 8.84. The molecule has 0 saturated carbocycles. The van der Waals surface area contributed by atoms with Crippen molar-refractivity contribution in [2.45, 2.75) is 13.8 Å². The van der Waals surface area contributed by atoms with E-state index >= 15 is 0 Å². The van der Waals surface area contributed by atoms with E-state index in [9.17, 15) is 0 Å². The van der Waals surface area contributed by atoms with Crippen LogP contribution in [0.4, 0.5) is 0 Å². The Balaban J connectivity index is 1.93. The fourth-order valence-electron chi connectivity index (χ4n) is 3.96. The van der Waals surface area contributed by atoms with Gasteiger partial charge in [-0.15, -0.1) is 0 Å². The van der Waals surface area contributed by atoms with Crippen LogP contribution < -0.4 is 0 Å². The number of aryl methyl sites for hydroxylation is 2. The first-order valence-corrected chi connectivity index (χ1v) is 8.84. The lowest BCUT2D eigenvalue weighted by Crippen LogP contribution is -1.92. The fourth-order valence-corrected chi connectivity index (χ4v) is 3.96. The summed E-state index contributed by atoms with van der Waals surface area (Å²) in [4.78, 5) is 9.31. The zero-order valence-corrected chi connectivity index (χ0v) is 14.8. The molecule has 0 amide bonds. The van der Waals surface area contributed by atoms with E-state index in [1.54, 1.807) is 6.33 Å². The molecule has 0 atom stereocenters. The molecule has 2 nitrogen and oxygen atoms in total. The average Bonchev–Trinajstić information content (AvgIpc) is 2.66. The number of aromatic nitrogens is 2. The van der Waals surface area contributed by atoms with Gasteiger partial charge in [-0.1, -0.05) is 59.7 Å². The molecule has 2 heteroatoms. The van der Waals surface area contributed by atoms with E-state index in [-0.39, 0.29) is 0 Å². The first-order chi connectivity index (χ1) is 12.7. The lowest BCUT2D eigenvalue weighted by Gasteiger charge is -2.11. The highest BCUT2D eigenvalue weighted by Crippen LogP contribution is 2.34. The lowest BCUT2D eigenvalue weighted by atomic mass is 9.96. The van der Waals surface area contributed by atoms with Gasteiger partial charge < -0.3 is 0 Å². The van der Waals surface area contributed by atoms with Crippen LogP contribution in [0, 0.1) is 13.8 Å². The number of benzene rings is 4. The third kappa shape index (κ3) is 2.26. The Morgan fingerprint density at radius 2 is 1.38 bits per heavy atom. The van der Waals surface area contributed by atoms with E-state index in [0.29, 0.717) is 0 Å². The molecule has 1 heterocycles. The Morgan fingerprint density at radius 3 is 2.23 bits per heavy atom. The Labute approximate surface area is 152 Å². The Hall–Kier alpha value is -3.26. The highest BCUT2D eigenvalue weighted by Gasteiger charge is 2.12. The lowest BCUT2D eigenvalue weighted by molar-refractivity contribution is 1.22. The van der Waals surface area contributed by atoms with Gasteiger partial charge in [0, 0.05) is 16.3 Å². The molecule has 0 saturated heterocycles. The molecule has 124 valence electrons. The monoisotopic (exact) mass is 334 g/mol. The van der Waals surface area contributed by atoms with Gasteiger partial charge in [-0.2, -0.15) is 0 Å². The van der Waals surface area contributed by atoms with Crippen molar-refractivity contribution < 1.29 is 0 Å². The molecule has 0 aliphatic carbocycles. The fraction of sp³-hybridized carbons (Fsp3) is 0.0833. The van der Waals surface area contributed by atoms with Gasteiger partial charge in [-0.3, -0.25) is 0 Å². The largest absolute Gasteiger partial charge is 0.236 e. The number of rotatable bonds is 1. The van der Waals surface area contributed by atoms with Crippen LogP contribution in [0.15, 0.2) is 73.1 Å². The number of hydrogen-bond acceptors (Lipinski definition) is 2. The molecule has 0 fully saturated rings. The van der Waals surface area contributed by atoms with Crippen molar-refractivity contribution >= 4 is 32.4 Å². The average molecular weight is 334 g/mol. The predicted octanol–water partition coefficient (Wildman–Crippen LogP) is 6.22. The minimum Gasteiger partial charge on any atom is -0.236 e. The van der Waals surface area contributed by atoms with Gasteiger partial charge in [0.2, 0.25) is 0 Å². The summed E-state index contributed by atoms with van der Waals surface area (Å²) >= 11 is 0. The maximum Gasteiger partial charge on any atom is 0.116 e. The Bertz CT molecular complexity index is 1280. The normalized spacial score (nSPS) is 11.5.